The second-order valence-electron chi connectivity index (χ2n) is 3.35. The highest BCUT2D eigenvalue weighted by atomic mass is 32.2. The van der Waals surface area contributed by atoms with Gasteiger partial charge in [0.25, 0.3) is 5.91 Å². The quantitative estimate of drug-likeness (QED) is 0.428. The van der Waals surface area contributed by atoms with Gasteiger partial charge in [-0.15, -0.1) is 4.99 Å². The van der Waals surface area contributed by atoms with Crippen LogP contribution >= 0.6 is 0 Å². The monoisotopic (exact) mass is 266 g/mol. The average Bonchev–Trinajstić information content (AvgIpc) is 2.28. The number of hydrogen-bond acceptors (Lipinski definition) is 5. The van der Waals surface area contributed by atoms with Gasteiger partial charge in [-0.3, -0.25) is 10.1 Å². The van der Waals surface area contributed by atoms with Gasteiger partial charge in [0, 0.05) is 11.8 Å². The molecule has 0 aliphatic rings. The van der Waals surface area contributed by atoms with E-state index in [2.05, 4.69) is 10.3 Å². The first-order chi connectivity index (χ1) is 8.34. The number of nitrogens with one attached hydrogen (secondary N) is 1. The molecule has 0 saturated carbocycles. The normalized spacial score (nSPS) is 11.7. The Labute approximate surface area is 104 Å². The maximum Gasteiger partial charge on any atom is 0.257 e. The zero-order chi connectivity index (χ0) is 13.8. The van der Waals surface area contributed by atoms with Crippen molar-refractivity contribution in [3.63, 3.8) is 0 Å². The van der Waals surface area contributed by atoms with Gasteiger partial charge in [0.2, 0.25) is 12.2 Å². The van der Waals surface area contributed by atoms with Gasteiger partial charge in [-0.2, -0.15) is 5.26 Å². The summed E-state index contributed by atoms with van der Waals surface area (Å²) in [5.74, 6) is -0.902. The molecule has 0 spiro atoms. The van der Waals surface area contributed by atoms with Gasteiger partial charge in [0.15, 0.2) is 9.84 Å². The third-order valence-corrected chi connectivity index (χ3v) is 3.09. The van der Waals surface area contributed by atoms with E-state index in [0.717, 1.165) is 6.26 Å². The molecule has 0 aromatic heterocycles. The minimum absolute atomic E-state index is 0.109. The number of nitriles is 1. The lowest BCUT2D eigenvalue weighted by atomic mass is 10.2. The molecule has 7 nitrogen and oxygen atoms in total. The Bertz CT molecular complexity index is 626. The number of hydrogen-bond donors (Lipinski definition) is 2. The van der Waals surface area contributed by atoms with Crippen LogP contribution in [0.4, 0.5) is 0 Å². The molecule has 0 fully saturated rings. The highest BCUT2D eigenvalue weighted by molar-refractivity contribution is 7.90. The standard InChI is InChI=1S/C10H10N4O3S/c1-18(16,17)8-4-2-7(3-5-8)9(15)14-10(12)13-6-11/h2-5H,1H3,(H3,12,13,14,15). The minimum Gasteiger partial charge on any atom is -0.369 e. The lowest BCUT2D eigenvalue weighted by molar-refractivity contribution is 0.0976. The fraction of sp³-hybridized carbons (Fsp3) is 0.100. The lowest BCUT2D eigenvalue weighted by Crippen LogP contribution is -2.36. The summed E-state index contributed by atoms with van der Waals surface area (Å²) < 4.78 is 22.4. The van der Waals surface area contributed by atoms with Crippen molar-refractivity contribution < 1.29 is 13.2 Å². The van der Waals surface area contributed by atoms with E-state index in [9.17, 15) is 13.2 Å². The van der Waals surface area contributed by atoms with Crippen LogP contribution in [0.2, 0.25) is 0 Å². The molecule has 94 valence electrons. The van der Waals surface area contributed by atoms with E-state index in [-0.39, 0.29) is 16.4 Å². The first-order valence-electron chi connectivity index (χ1n) is 4.68. The van der Waals surface area contributed by atoms with Crippen LogP contribution in [-0.4, -0.2) is 26.5 Å². The second kappa shape index (κ2) is 5.29. The Morgan fingerprint density at radius 1 is 1.39 bits per heavy atom. The van der Waals surface area contributed by atoms with Gasteiger partial charge in [-0.1, -0.05) is 0 Å². The van der Waals surface area contributed by atoms with Crippen LogP contribution in [0.15, 0.2) is 34.2 Å². The molecule has 0 saturated heterocycles. The molecular weight excluding hydrogens is 256 g/mol. The molecule has 0 heterocycles. The highest BCUT2D eigenvalue weighted by Crippen LogP contribution is 2.10. The molecular formula is C10H10N4O3S. The van der Waals surface area contributed by atoms with Crippen molar-refractivity contribution in [2.45, 2.75) is 4.90 Å². The Hall–Kier alpha value is -2.40. The van der Waals surface area contributed by atoms with E-state index in [1.165, 1.54) is 30.5 Å². The Morgan fingerprint density at radius 2 is 1.94 bits per heavy atom. The third kappa shape index (κ3) is 3.57. The van der Waals surface area contributed by atoms with E-state index in [1.807, 2.05) is 0 Å². The van der Waals surface area contributed by atoms with Gasteiger partial charge in [0.1, 0.15) is 0 Å². The molecule has 3 N–H and O–H groups in total. The van der Waals surface area contributed by atoms with E-state index in [4.69, 9.17) is 11.0 Å². The first kappa shape index (κ1) is 13.7. The minimum atomic E-state index is -3.30. The van der Waals surface area contributed by atoms with E-state index >= 15 is 0 Å². The number of amides is 1. The van der Waals surface area contributed by atoms with Crippen LogP contribution < -0.4 is 11.1 Å². The largest absolute Gasteiger partial charge is 0.369 e. The maximum atomic E-state index is 11.6. The zero-order valence-electron chi connectivity index (χ0n) is 9.41. The lowest BCUT2D eigenvalue weighted by Gasteiger charge is -2.03. The fourth-order valence-corrected chi connectivity index (χ4v) is 1.75. The molecule has 1 amide bonds. The maximum absolute atomic E-state index is 11.6. The fourth-order valence-electron chi connectivity index (χ4n) is 1.12. The summed E-state index contributed by atoms with van der Waals surface area (Å²) in [6.45, 7) is 0. The smallest absolute Gasteiger partial charge is 0.257 e. The summed E-state index contributed by atoms with van der Waals surface area (Å²) in [5, 5.41) is 10.4. The summed E-state index contributed by atoms with van der Waals surface area (Å²) in [7, 11) is -3.30. The van der Waals surface area contributed by atoms with Crippen LogP contribution in [0.25, 0.3) is 0 Å². The molecule has 0 unspecified atom stereocenters. The summed E-state index contributed by atoms with van der Waals surface area (Å²) in [5.41, 5.74) is 5.43. The zero-order valence-corrected chi connectivity index (χ0v) is 10.2. The van der Waals surface area contributed by atoms with Crippen molar-refractivity contribution in [2.24, 2.45) is 10.7 Å². The van der Waals surface area contributed by atoms with Gasteiger partial charge < -0.3 is 5.73 Å². The van der Waals surface area contributed by atoms with E-state index in [1.54, 1.807) is 0 Å². The predicted molar refractivity (Wildman–Crippen MR) is 64.3 cm³/mol. The molecule has 1 aromatic rings. The first-order valence-corrected chi connectivity index (χ1v) is 6.57. The summed E-state index contributed by atoms with van der Waals surface area (Å²) in [6, 6.07) is 5.29. The van der Waals surface area contributed by atoms with Crippen LogP contribution in [0.5, 0.6) is 0 Å². The van der Waals surface area contributed by atoms with E-state index < -0.39 is 15.7 Å². The molecule has 1 rings (SSSR count). The highest BCUT2D eigenvalue weighted by Gasteiger charge is 2.10. The topological polar surface area (TPSA) is 125 Å². The summed E-state index contributed by atoms with van der Waals surface area (Å²) in [4.78, 5) is 14.8. The molecule has 8 heteroatoms. The number of benzene rings is 1. The van der Waals surface area contributed by atoms with Crippen LogP contribution in [0.3, 0.4) is 0 Å². The van der Waals surface area contributed by atoms with Gasteiger partial charge in [0.05, 0.1) is 4.90 Å². The number of carbonyl (C=O) groups excluding carboxylic acids is 1. The molecule has 0 radical (unpaired) electrons. The molecule has 0 aliphatic carbocycles. The molecule has 0 atom stereocenters. The third-order valence-electron chi connectivity index (χ3n) is 1.96. The molecule has 0 aliphatic heterocycles. The number of carbonyl (C=O) groups is 1. The molecule has 0 bridgehead atoms. The van der Waals surface area contributed by atoms with Crippen molar-refractivity contribution in [3.8, 4) is 6.19 Å². The number of rotatable bonds is 2. The van der Waals surface area contributed by atoms with Crippen LogP contribution in [0.1, 0.15) is 10.4 Å². The van der Waals surface area contributed by atoms with E-state index in [0.29, 0.717) is 0 Å². The average molecular weight is 266 g/mol. The number of sulfone groups is 1. The number of nitrogens with two attached hydrogens (primary N) is 1. The number of aliphatic imine (C=N–C) groups is 1. The SMILES string of the molecule is CS(=O)(=O)c1ccc(C(=O)NC(N)=NC#N)cc1. The van der Waals surface area contributed by atoms with Gasteiger partial charge in [-0.05, 0) is 24.3 Å². The molecule has 1 aromatic carbocycles. The van der Waals surface area contributed by atoms with Crippen molar-refractivity contribution >= 4 is 21.7 Å². The van der Waals surface area contributed by atoms with Crippen LogP contribution in [0, 0.1) is 11.5 Å². The number of guanidine groups is 1. The van der Waals surface area contributed by atoms with Crippen molar-refractivity contribution in [1.82, 2.24) is 5.32 Å². The second-order valence-corrected chi connectivity index (χ2v) is 5.36. The predicted octanol–water partition coefficient (Wildman–Crippen LogP) is -0.384. The van der Waals surface area contributed by atoms with Crippen LogP contribution in [-0.2, 0) is 9.84 Å². The van der Waals surface area contributed by atoms with Crippen molar-refractivity contribution in [3.05, 3.63) is 29.8 Å². The molecule has 18 heavy (non-hydrogen) atoms. The van der Waals surface area contributed by atoms with Crippen molar-refractivity contribution in [1.29, 1.82) is 5.26 Å². The van der Waals surface area contributed by atoms with Crippen molar-refractivity contribution in [2.75, 3.05) is 6.26 Å². The Morgan fingerprint density at radius 3 is 2.39 bits per heavy atom. The van der Waals surface area contributed by atoms with Gasteiger partial charge >= 0.3 is 0 Å². The van der Waals surface area contributed by atoms with Gasteiger partial charge in [-0.25, -0.2) is 8.42 Å². The summed E-state index contributed by atoms with van der Waals surface area (Å²) >= 11 is 0. The summed E-state index contributed by atoms with van der Waals surface area (Å²) in [6.07, 6.45) is 2.49. The Kier molecular flexibility index (Phi) is 4.01. The Balaban J connectivity index is 2.91. The number of nitrogens with zero attached hydrogens (tertiary/aromatic N) is 2.